The Morgan fingerprint density at radius 3 is 2.34 bits per heavy atom. The fraction of sp³-hybridized carbons (Fsp3) is 0.545. The number of nitrogens with one attached hydrogen (secondary N) is 2. The third kappa shape index (κ3) is 4.85. The van der Waals surface area contributed by atoms with Crippen molar-refractivity contribution in [1.29, 1.82) is 0 Å². The molecule has 220 valence electrons. The molecule has 3 aliphatic heterocycles. The van der Waals surface area contributed by atoms with Gasteiger partial charge < -0.3 is 25.4 Å². The minimum Gasteiger partial charge on any atom is -0.394 e. The molecule has 3 fully saturated rings. The highest BCUT2D eigenvalue weighted by Crippen LogP contribution is 2.64. The second kappa shape index (κ2) is 11.2. The Morgan fingerprint density at radius 2 is 1.73 bits per heavy atom. The monoisotopic (exact) mass is 561 g/mol. The SMILES string of the molecule is CC[C@]12CCC3(O1)C(C(=O)Nc1c(C)cccc1C)N([C@@H](CO)CC(C)C)C(=O)[C@@H]3[C@H]2C(=O)NCc1ccccc1. The summed E-state index contributed by atoms with van der Waals surface area (Å²) in [6.45, 7) is 9.99. The first-order chi connectivity index (χ1) is 19.6. The van der Waals surface area contributed by atoms with Crippen LogP contribution < -0.4 is 10.6 Å². The van der Waals surface area contributed by atoms with Gasteiger partial charge in [-0.2, -0.15) is 0 Å². The lowest BCUT2D eigenvalue weighted by atomic mass is 9.65. The number of rotatable bonds is 10. The van der Waals surface area contributed by atoms with E-state index >= 15 is 0 Å². The maximum atomic E-state index is 14.5. The van der Waals surface area contributed by atoms with Crippen LogP contribution in [0.2, 0.25) is 0 Å². The molecule has 0 saturated carbocycles. The van der Waals surface area contributed by atoms with Gasteiger partial charge in [0.05, 0.1) is 30.1 Å². The molecule has 3 N–H and O–H groups in total. The lowest BCUT2D eigenvalue weighted by Crippen LogP contribution is -2.56. The van der Waals surface area contributed by atoms with Gasteiger partial charge in [0.25, 0.3) is 0 Å². The average Bonchev–Trinajstić information content (AvgIpc) is 3.56. The Labute approximate surface area is 242 Å². The summed E-state index contributed by atoms with van der Waals surface area (Å²) < 4.78 is 6.87. The predicted octanol–water partition coefficient (Wildman–Crippen LogP) is 4.12. The molecule has 8 nitrogen and oxygen atoms in total. The van der Waals surface area contributed by atoms with Crippen LogP contribution in [0.3, 0.4) is 0 Å². The number of carbonyl (C=O) groups excluding carboxylic acids is 3. The van der Waals surface area contributed by atoms with Gasteiger partial charge in [-0.25, -0.2) is 0 Å². The Kier molecular flexibility index (Phi) is 8.01. The van der Waals surface area contributed by atoms with Crippen LogP contribution in [0.1, 0.15) is 63.1 Å². The molecular formula is C33H43N3O5. The number of anilines is 1. The van der Waals surface area contributed by atoms with Crippen molar-refractivity contribution in [2.45, 2.75) is 90.1 Å². The lowest BCUT2D eigenvalue weighted by molar-refractivity contribution is -0.149. The Bertz CT molecular complexity index is 1290. The standard InChI is InChI=1S/C33H43N3O5/c1-6-32-15-16-33(41-32)26(25(32)29(38)34-18-23-13-8-7-9-14-23)31(40)36(24(19-37)17-20(2)3)28(33)30(39)35-27-21(4)11-10-12-22(27)5/h7-14,20,24-26,28,37H,6,15-19H2,1-5H3,(H,34,38)(H,35,39)/t24-,25+,26+,28?,32-,33?/m1/s1. The van der Waals surface area contributed by atoms with Crippen LogP contribution in [-0.2, 0) is 25.7 Å². The minimum absolute atomic E-state index is 0.185. The number of carbonyl (C=O) groups is 3. The second-order valence-electron chi connectivity index (χ2n) is 12.5. The van der Waals surface area contributed by atoms with Gasteiger partial charge in [0.1, 0.15) is 11.6 Å². The average molecular weight is 562 g/mol. The summed E-state index contributed by atoms with van der Waals surface area (Å²) in [5, 5.41) is 16.7. The van der Waals surface area contributed by atoms with E-state index in [0.717, 1.165) is 16.7 Å². The van der Waals surface area contributed by atoms with Crippen LogP contribution in [-0.4, -0.2) is 57.6 Å². The number of aliphatic hydroxyl groups excluding tert-OH is 1. The molecule has 6 atom stereocenters. The van der Waals surface area contributed by atoms with Gasteiger partial charge in [0.15, 0.2) is 0 Å². The van der Waals surface area contributed by atoms with Gasteiger partial charge in [0.2, 0.25) is 17.7 Å². The molecule has 3 saturated heterocycles. The molecule has 8 heteroatoms. The quantitative estimate of drug-likeness (QED) is 0.405. The van der Waals surface area contributed by atoms with Crippen LogP contribution >= 0.6 is 0 Å². The van der Waals surface area contributed by atoms with E-state index in [-0.39, 0.29) is 30.2 Å². The molecule has 1 spiro atoms. The molecule has 3 amide bonds. The van der Waals surface area contributed by atoms with Crippen molar-refractivity contribution in [1.82, 2.24) is 10.2 Å². The maximum Gasteiger partial charge on any atom is 0.250 e. The van der Waals surface area contributed by atoms with Gasteiger partial charge in [-0.05, 0) is 62.1 Å². The Morgan fingerprint density at radius 1 is 1.05 bits per heavy atom. The summed E-state index contributed by atoms with van der Waals surface area (Å²) in [6, 6.07) is 14.0. The van der Waals surface area contributed by atoms with Crippen molar-refractivity contribution in [2.75, 3.05) is 11.9 Å². The highest BCUT2D eigenvalue weighted by atomic mass is 16.5. The molecule has 5 rings (SSSR count). The second-order valence-corrected chi connectivity index (χ2v) is 12.5. The third-order valence-electron chi connectivity index (χ3n) is 9.54. The first-order valence-corrected chi connectivity index (χ1v) is 14.9. The number of likely N-dealkylation sites (tertiary alicyclic amines) is 1. The molecular weight excluding hydrogens is 518 g/mol. The van der Waals surface area contributed by atoms with Gasteiger partial charge >= 0.3 is 0 Å². The number of ether oxygens (including phenoxy) is 1. The molecule has 41 heavy (non-hydrogen) atoms. The highest BCUT2D eigenvalue weighted by Gasteiger charge is 2.79. The predicted molar refractivity (Wildman–Crippen MR) is 157 cm³/mol. The van der Waals surface area contributed by atoms with E-state index in [1.54, 1.807) is 4.90 Å². The zero-order valence-electron chi connectivity index (χ0n) is 24.8. The van der Waals surface area contributed by atoms with Crippen molar-refractivity contribution < 1.29 is 24.2 Å². The molecule has 0 aromatic heterocycles. The molecule has 2 bridgehead atoms. The van der Waals surface area contributed by atoms with Gasteiger partial charge in [-0.1, -0.05) is 69.3 Å². The summed E-state index contributed by atoms with van der Waals surface area (Å²) in [4.78, 5) is 44.3. The number of para-hydroxylation sites is 1. The number of fused-ring (bicyclic) bond motifs is 1. The number of aryl methyl sites for hydroxylation is 2. The van der Waals surface area contributed by atoms with Crippen molar-refractivity contribution >= 4 is 23.4 Å². The normalized spacial score (nSPS) is 29.1. The topological polar surface area (TPSA) is 108 Å². The fourth-order valence-corrected chi connectivity index (χ4v) is 7.67. The zero-order chi connectivity index (χ0) is 29.5. The molecule has 0 radical (unpaired) electrons. The van der Waals surface area contributed by atoms with Crippen LogP contribution in [0.15, 0.2) is 48.5 Å². The van der Waals surface area contributed by atoms with Crippen LogP contribution in [0.5, 0.6) is 0 Å². The minimum atomic E-state index is -1.15. The zero-order valence-corrected chi connectivity index (χ0v) is 24.8. The van der Waals surface area contributed by atoms with E-state index in [1.165, 1.54) is 0 Å². The van der Waals surface area contributed by atoms with Crippen LogP contribution in [0.25, 0.3) is 0 Å². The molecule has 3 heterocycles. The molecule has 2 aromatic rings. The summed E-state index contributed by atoms with van der Waals surface area (Å²) in [5.74, 6) is -2.18. The molecule has 2 unspecified atom stereocenters. The van der Waals surface area contributed by atoms with Crippen molar-refractivity contribution in [2.24, 2.45) is 17.8 Å². The maximum absolute atomic E-state index is 14.5. The first kappa shape index (κ1) is 29.3. The van der Waals surface area contributed by atoms with E-state index in [4.69, 9.17) is 4.74 Å². The number of nitrogens with zero attached hydrogens (tertiary/aromatic N) is 1. The van der Waals surface area contributed by atoms with Crippen molar-refractivity contribution in [3.63, 3.8) is 0 Å². The highest BCUT2D eigenvalue weighted by molar-refractivity contribution is 6.04. The van der Waals surface area contributed by atoms with E-state index in [1.807, 2.05) is 83.1 Å². The number of hydrogen-bond donors (Lipinski definition) is 3. The summed E-state index contributed by atoms with van der Waals surface area (Å²) in [7, 11) is 0. The number of amides is 3. The number of aliphatic hydroxyl groups is 1. The van der Waals surface area contributed by atoms with Crippen molar-refractivity contribution in [3.05, 3.63) is 65.2 Å². The van der Waals surface area contributed by atoms with Gasteiger partial charge in [0, 0.05) is 12.2 Å². The van der Waals surface area contributed by atoms with E-state index < -0.39 is 35.1 Å². The fourth-order valence-electron chi connectivity index (χ4n) is 7.67. The number of benzene rings is 2. The third-order valence-corrected chi connectivity index (χ3v) is 9.54. The van der Waals surface area contributed by atoms with Crippen LogP contribution in [0, 0.1) is 31.6 Å². The van der Waals surface area contributed by atoms with Gasteiger partial charge in [-0.15, -0.1) is 0 Å². The molecule has 0 aliphatic carbocycles. The summed E-state index contributed by atoms with van der Waals surface area (Å²) >= 11 is 0. The van der Waals surface area contributed by atoms with Crippen molar-refractivity contribution in [3.8, 4) is 0 Å². The van der Waals surface area contributed by atoms with Gasteiger partial charge in [-0.3, -0.25) is 14.4 Å². The Balaban J connectivity index is 1.54. The van der Waals surface area contributed by atoms with Crippen LogP contribution in [0.4, 0.5) is 5.69 Å². The van der Waals surface area contributed by atoms with E-state index in [2.05, 4.69) is 10.6 Å². The summed E-state index contributed by atoms with van der Waals surface area (Å²) in [6.07, 6.45) is 2.18. The lowest BCUT2D eigenvalue weighted by Gasteiger charge is -2.38. The largest absolute Gasteiger partial charge is 0.394 e. The number of hydrogen-bond acceptors (Lipinski definition) is 5. The summed E-state index contributed by atoms with van der Waals surface area (Å²) in [5.41, 5.74) is 1.55. The Hall–Kier alpha value is -3.23. The molecule has 3 aliphatic rings. The molecule has 2 aromatic carbocycles. The smallest absolute Gasteiger partial charge is 0.250 e. The van der Waals surface area contributed by atoms with E-state index in [9.17, 15) is 19.5 Å². The van der Waals surface area contributed by atoms with E-state index in [0.29, 0.717) is 37.9 Å². The first-order valence-electron chi connectivity index (χ1n) is 14.9.